The number of hydrogen-bond acceptors (Lipinski definition) is 6. The number of nitrogens with one attached hydrogen (secondary N) is 3. The molecular weight excluding hydrogens is 649 g/mol. The molecule has 1 atom stereocenters. The molecule has 1 aromatic heterocycles. The summed E-state index contributed by atoms with van der Waals surface area (Å²) in [7, 11) is 1.45. The Bertz CT molecular complexity index is 2250. The summed E-state index contributed by atoms with van der Waals surface area (Å²) in [5.41, 5.74) is 4.29. The molecule has 0 saturated heterocycles. The van der Waals surface area contributed by atoms with Gasteiger partial charge in [-0.1, -0.05) is 42.5 Å². The Hall–Kier alpha value is -6.00. The first-order valence-corrected chi connectivity index (χ1v) is 17.0. The Kier molecular flexibility index (Phi) is 10.2. The molecule has 1 heterocycles. The van der Waals surface area contributed by atoms with Crippen molar-refractivity contribution in [1.29, 1.82) is 0 Å². The number of ether oxygens (including phenoxy) is 1. The molecule has 9 nitrogen and oxygen atoms in total. The minimum Gasteiger partial charge on any atom is -0.508 e. The molecule has 6 rings (SSSR count). The summed E-state index contributed by atoms with van der Waals surface area (Å²) in [6.07, 6.45) is 1.48. The van der Waals surface area contributed by atoms with Crippen LogP contribution in [0.3, 0.4) is 0 Å². The number of para-hydroxylation sites is 1. The van der Waals surface area contributed by atoms with Crippen LogP contribution in [-0.2, 0) is 16.1 Å². The zero-order valence-corrected chi connectivity index (χ0v) is 28.6. The molecule has 3 amide bonds. The molecule has 0 saturated carbocycles. The number of benzene rings is 5. The van der Waals surface area contributed by atoms with Gasteiger partial charge < -0.3 is 30.4 Å². The largest absolute Gasteiger partial charge is 0.508 e. The molecule has 0 aliphatic rings. The smallest absolute Gasteiger partial charge is 0.272 e. The van der Waals surface area contributed by atoms with Crippen LogP contribution in [0.4, 0.5) is 11.4 Å². The Balaban J connectivity index is 1.17. The average Bonchev–Trinajstić information content (AvgIpc) is 3.45. The van der Waals surface area contributed by atoms with Crippen molar-refractivity contribution in [1.82, 2.24) is 9.88 Å². The summed E-state index contributed by atoms with van der Waals surface area (Å²) >= 11 is 1.36. The molecule has 4 N–H and O–H groups in total. The first kappa shape index (κ1) is 33.9. The maximum absolute atomic E-state index is 13.6. The fourth-order valence-corrected chi connectivity index (χ4v) is 6.66. The van der Waals surface area contributed by atoms with Crippen molar-refractivity contribution in [3.63, 3.8) is 0 Å². The second-order valence-corrected chi connectivity index (χ2v) is 12.9. The van der Waals surface area contributed by atoms with Gasteiger partial charge in [0.15, 0.2) is 0 Å². The molecule has 252 valence electrons. The van der Waals surface area contributed by atoms with Crippen molar-refractivity contribution in [2.75, 3.05) is 17.7 Å². The van der Waals surface area contributed by atoms with E-state index in [1.807, 2.05) is 43.3 Å². The second-order valence-electron chi connectivity index (χ2n) is 11.5. The third-order valence-electron chi connectivity index (χ3n) is 8.18. The molecule has 0 radical (unpaired) electrons. The van der Waals surface area contributed by atoms with Gasteiger partial charge in [-0.2, -0.15) is 0 Å². The average molecular weight is 685 g/mol. The zero-order valence-electron chi connectivity index (χ0n) is 27.8. The highest BCUT2D eigenvalue weighted by Gasteiger charge is 2.19. The standard InChI is InChI=1S/C40H36N4O5S/c1-4-44-35-16-9-8-15-32(35)33-23-29(18-20-36(33)44)41-38(46)25(2)50-31-14-10-13-28(22-31)42-40(48)34(43-39(47)26-11-6-5-7-12-26)21-27-17-19-30(45)24-37(27)49-3/h5-25,45H,4H2,1-3H3,(H,41,46)(H,42,48)(H,43,47)/b34-21+. The summed E-state index contributed by atoms with van der Waals surface area (Å²) < 4.78 is 7.64. The number of fused-ring (bicyclic) bond motifs is 3. The number of amides is 3. The Morgan fingerprint density at radius 1 is 0.820 bits per heavy atom. The number of carbonyl (C=O) groups excluding carboxylic acids is 3. The van der Waals surface area contributed by atoms with Crippen molar-refractivity contribution < 1.29 is 24.2 Å². The lowest BCUT2D eigenvalue weighted by molar-refractivity contribution is -0.115. The number of nitrogens with zero attached hydrogens (tertiary/aromatic N) is 1. The van der Waals surface area contributed by atoms with E-state index in [9.17, 15) is 19.5 Å². The van der Waals surface area contributed by atoms with Gasteiger partial charge in [0.25, 0.3) is 11.8 Å². The summed E-state index contributed by atoms with van der Waals surface area (Å²) in [6, 6.07) is 34.4. The van der Waals surface area contributed by atoms with E-state index in [1.165, 1.54) is 37.1 Å². The molecule has 10 heteroatoms. The van der Waals surface area contributed by atoms with Crippen molar-refractivity contribution in [3.8, 4) is 11.5 Å². The van der Waals surface area contributed by atoms with Crippen LogP contribution < -0.4 is 20.7 Å². The van der Waals surface area contributed by atoms with E-state index in [2.05, 4.69) is 39.6 Å². The SMILES string of the molecule is CCn1c2ccccc2c2cc(NC(=O)C(C)Sc3cccc(NC(=O)/C(=C\c4ccc(O)cc4OC)NC(=O)c4ccccc4)c3)ccc21. The number of phenolic OH excluding ortho intramolecular Hbond substituents is 1. The van der Waals surface area contributed by atoms with Gasteiger partial charge >= 0.3 is 0 Å². The number of aromatic nitrogens is 1. The normalized spacial score (nSPS) is 12.0. The van der Waals surface area contributed by atoms with Crippen molar-refractivity contribution in [2.24, 2.45) is 0 Å². The van der Waals surface area contributed by atoms with Gasteiger partial charge in [-0.15, -0.1) is 11.8 Å². The molecule has 6 aromatic rings. The summed E-state index contributed by atoms with van der Waals surface area (Å²) in [5.74, 6) is -0.875. The maximum atomic E-state index is 13.6. The highest BCUT2D eigenvalue weighted by atomic mass is 32.2. The predicted molar refractivity (Wildman–Crippen MR) is 201 cm³/mol. The van der Waals surface area contributed by atoms with E-state index in [0.29, 0.717) is 22.6 Å². The minimum absolute atomic E-state index is 0.00286. The van der Waals surface area contributed by atoms with E-state index in [1.54, 1.807) is 54.6 Å². The van der Waals surface area contributed by atoms with Crippen molar-refractivity contribution in [3.05, 3.63) is 132 Å². The first-order valence-electron chi connectivity index (χ1n) is 16.1. The molecule has 50 heavy (non-hydrogen) atoms. The van der Waals surface area contributed by atoms with Gasteiger partial charge in [-0.05, 0) is 86.7 Å². The van der Waals surface area contributed by atoms with E-state index in [-0.39, 0.29) is 17.4 Å². The van der Waals surface area contributed by atoms with Crippen LogP contribution in [0.1, 0.15) is 29.8 Å². The number of anilines is 2. The van der Waals surface area contributed by atoms with E-state index >= 15 is 0 Å². The number of hydrogen-bond donors (Lipinski definition) is 4. The molecule has 0 bridgehead atoms. The van der Waals surface area contributed by atoms with Gasteiger partial charge in [0.2, 0.25) is 5.91 Å². The van der Waals surface area contributed by atoms with Crippen molar-refractivity contribution in [2.45, 2.75) is 30.5 Å². The Morgan fingerprint density at radius 2 is 1.56 bits per heavy atom. The van der Waals surface area contributed by atoms with Crippen LogP contribution in [0.25, 0.3) is 27.9 Å². The molecular formula is C40H36N4O5S. The van der Waals surface area contributed by atoms with Crippen LogP contribution in [0.15, 0.2) is 126 Å². The molecule has 0 aliphatic heterocycles. The lowest BCUT2D eigenvalue weighted by atomic mass is 10.1. The highest BCUT2D eigenvalue weighted by molar-refractivity contribution is 8.00. The molecule has 0 aliphatic carbocycles. The molecule has 5 aromatic carbocycles. The van der Waals surface area contributed by atoms with Gasteiger partial charge in [-0.3, -0.25) is 14.4 Å². The van der Waals surface area contributed by atoms with E-state index < -0.39 is 17.1 Å². The summed E-state index contributed by atoms with van der Waals surface area (Å²) in [4.78, 5) is 40.8. The quantitative estimate of drug-likeness (QED) is 0.0810. The van der Waals surface area contributed by atoms with Crippen LogP contribution in [0.5, 0.6) is 11.5 Å². The molecule has 0 spiro atoms. The van der Waals surface area contributed by atoms with Crippen LogP contribution >= 0.6 is 11.8 Å². The number of methoxy groups -OCH3 is 1. The number of rotatable bonds is 11. The van der Waals surface area contributed by atoms with Crippen LogP contribution in [0, 0.1) is 0 Å². The second kappa shape index (κ2) is 15.0. The number of aromatic hydroxyl groups is 1. The third kappa shape index (κ3) is 7.50. The number of aryl methyl sites for hydroxylation is 1. The van der Waals surface area contributed by atoms with E-state index in [0.717, 1.165) is 38.9 Å². The zero-order chi connectivity index (χ0) is 35.2. The van der Waals surface area contributed by atoms with Gasteiger partial charge in [-0.25, -0.2) is 0 Å². The third-order valence-corrected chi connectivity index (χ3v) is 9.27. The maximum Gasteiger partial charge on any atom is 0.272 e. The Labute approximate surface area is 294 Å². The fraction of sp³-hybridized carbons (Fsp3) is 0.125. The van der Waals surface area contributed by atoms with E-state index in [4.69, 9.17) is 4.74 Å². The lowest BCUT2D eigenvalue weighted by Crippen LogP contribution is -2.30. The topological polar surface area (TPSA) is 122 Å². The van der Waals surface area contributed by atoms with Crippen molar-refractivity contribution >= 4 is 68.7 Å². The summed E-state index contributed by atoms with van der Waals surface area (Å²) in [6.45, 7) is 4.79. The summed E-state index contributed by atoms with van der Waals surface area (Å²) in [5, 5.41) is 20.3. The predicted octanol–water partition coefficient (Wildman–Crippen LogP) is 8.06. The first-order chi connectivity index (χ1) is 24.2. The number of carbonyl (C=O) groups is 3. The molecule has 1 unspecified atom stereocenters. The monoisotopic (exact) mass is 684 g/mol. The number of phenols is 1. The lowest BCUT2D eigenvalue weighted by Gasteiger charge is -2.15. The minimum atomic E-state index is -0.572. The van der Waals surface area contributed by atoms with Gasteiger partial charge in [0.05, 0.1) is 12.4 Å². The van der Waals surface area contributed by atoms with Gasteiger partial charge in [0.1, 0.15) is 17.2 Å². The van der Waals surface area contributed by atoms with Crippen LogP contribution in [-0.4, -0.2) is 39.8 Å². The van der Waals surface area contributed by atoms with Crippen LogP contribution in [0.2, 0.25) is 0 Å². The fourth-order valence-electron chi connectivity index (χ4n) is 5.74. The number of thioether (sulfide) groups is 1. The Morgan fingerprint density at radius 3 is 2.34 bits per heavy atom. The highest BCUT2D eigenvalue weighted by Crippen LogP contribution is 2.32. The molecule has 0 fully saturated rings. The van der Waals surface area contributed by atoms with Gasteiger partial charge in [0, 0.05) is 61.8 Å².